The van der Waals surface area contributed by atoms with E-state index < -0.39 is 0 Å². The molecule has 1 unspecified atom stereocenters. The lowest BCUT2D eigenvalue weighted by Gasteiger charge is -2.25. The number of nitrogens with two attached hydrogens (primary N) is 1. The van der Waals surface area contributed by atoms with Crippen molar-refractivity contribution in [3.05, 3.63) is 53.9 Å². The number of fused-ring (bicyclic) bond motifs is 1. The Hall–Kier alpha value is -3.54. The molecule has 3 aromatic rings. The summed E-state index contributed by atoms with van der Waals surface area (Å²) >= 11 is 0. The van der Waals surface area contributed by atoms with Gasteiger partial charge >= 0.3 is 0 Å². The molecule has 182 valence electrons. The highest BCUT2D eigenvalue weighted by Gasteiger charge is 2.21. The maximum Gasteiger partial charge on any atom is 0.141 e. The molecule has 3 N–H and O–H groups in total. The van der Waals surface area contributed by atoms with Gasteiger partial charge in [0.1, 0.15) is 17.9 Å². The number of aromatic nitrogens is 2. The first-order valence-corrected chi connectivity index (χ1v) is 12.4. The number of nitrogens with zero attached hydrogens (tertiary/aromatic N) is 2. The van der Waals surface area contributed by atoms with Crippen molar-refractivity contribution < 1.29 is 4.74 Å². The van der Waals surface area contributed by atoms with E-state index in [4.69, 9.17) is 16.9 Å². The smallest absolute Gasteiger partial charge is 0.141 e. The largest absolute Gasteiger partial charge is 0.492 e. The maximum atomic E-state index is 5.93. The molecule has 0 amide bonds. The van der Waals surface area contributed by atoms with Gasteiger partial charge in [0.15, 0.2) is 0 Å². The third-order valence-electron chi connectivity index (χ3n) is 5.93. The summed E-state index contributed by atoms with van der Waals surface area (Å²) in [7, 11) is 0. The predicted octanol–water partition coefficient (Wildman–Crippen LogP) is 6.29. The molecule has 0 fully saturated rings. The van der Waals surface area contributed by atoms with Crippen LogP contribution < -0.4 is 15.8 Å². The number of benzene rings is 2. The van der Waals surface area contributed by atoms with Crippen LogP contribution in [-0.2, 0) is 0 Å². The zero-order valence-electron chi connectivity index (χ0n) is 21.3. The Morgan fingerprint density at radius 1 is 1.14 bits per heavy atom. The summed E-state index contributed by atoms with van der Waals surface area (Å²) in [6, 6.07) is 11.6. The zero-order valence-corrected chi connectivity index (χ0v) is 21.3. The summed E-state index contributed by atoms with van der Waals surface area (Å²) in [5, 5.41) is 4.25. The molecule has 0 spiro atoms. The lowest BCUT2D eigenvalue weighted by molar-refractivity contribution is 0.313. The molecule has 5 heteroatoms. The van der Waals surface area contributed by atoms with Crippen LogP contribution in [0.2, 0.25) is 0 Å². The molecule has 0 radical (unpaired) electrons. The highest BCUT2D eigenvalue weighted by Crippen LogP contribution is 2.32. The molecule has 1 aromatic heterocycles. The molecule has 0 aliphatic heterocycles. The van der Waals surface area contributed by atoms with Crippen LogP contribution in [0, 0.1) is 35.5 Å². The molecule has 3 rings (SSSR count). The quantitative estimate of drug-likeness (QED) is 0.342. The fourth-order valence-electron chi connectivity index (χ4n) is 4.38. The molecule has 2 aromatic carbocycles. The van der Waals surface area contributed by atoms with E-state index in [1.54, 1.807) is 6.33 Å². The van der Waals surface area contributed by atoms with E-state index in [0.717, 1.165) is 52.7 Å². The Morgan fingerprint density at radius 2 is 1.97 bits per heavy atom. The van der Waals surface area contributed by atoms with Crippen molar-refractivity contribution in [1.82, 2.24) is 9.97 Å². The Labute approximate surface area is 209 Å². The van der Waals surface area contributed by atoms with Crippen LogP contribution in [0.25, 0.3) is 10.9 Å². The van der Waals surface area contributed by atoms with Gasteiger partial charge in [-0.1, -0.05) is 43.6 Å². The van der Waals surface area contributed by atoms with Crippen molar-refractivity contribution in [3.63, 3.8) is 0 Å². The fourth-order valence-corrected chi connectivity index (χ4v) is 4.38. The van der Waals surface area contributed by atoms with Crippen LogP contribution in [0.5, 0.6) is 5.75 Å². The van der Waals surface area contributed by atoms with Gasteiger partial charge in [-0.3, -0.25) is 0 Å². The summed E-state index contributed by atoms with van der Waals surface area (Å²) in [4.78, 5) is 8.96. The minimum Gasteiger partial charge on any atom is -0.492 e. The molecule has 35 heavy (non-hydrogen) atoms. The van der Waals surface area contributed by atoms with Gasteiger partial charge in [-0.15, -0.1) is 6.42 Å². The maximum absolute atomic E-state index is 5.93. The highest BCUT2D eigenvalue weighted by atomic mass is 16.5. The topological polar surface area (TPSA) is 73.1 Å². The average Bonchev–Trinajstić information content (AvgIpc) is 2.83. The predicted molar refractivity (Wildman–Crippen MR) is 146 cm³/mol. The first kappa shape index (κ1) is 26.1. The van der Waals surface area contributed by atoms with E-state index in [9.17, 15) is 0 Å². The molecule has 1 heterocycles. The average molecular weight is 469 g/mol. The van der Waals surface area contributed by atoms with Gasteiger partial charge in [0.05, 0.1) is 17.7 Å². The van der Waals surface area contributed by atoms with Gasteiger partial charge in [0, 0.05) is 28.1 Å². The van der Waals surface area contributed by atoms with Crippen molar-refractivity contribution in [2.24, 2.45) is 17.1 Å². The Morgan fingerprint density at radius 3 is 2.69 bits per heavy atom. The van der Waals surface area contributed by atoms with Crippen LogP contribution in [-0.4, -0.2) is 23.1 Å². The normalized spacial score (nSPS) is 11.9. The van der Waals surface area contributed by atoms with Gasteiger partial charge in [0.2, 0.25) is 0 Å². The fraction of sp³-hybridized carbons (Fsp3) is 0.400. The number of terminal acetylenes is 1. The minimum absolute atomic E-state index is 0.141. The van der Waals surface area contributed by atoms with Crippen LogP contribution in [0.3, 0.4) is 0 Å². The van der Waals surface area contributed by atoms with E-state index in [2.05, 4.69) is 53.8 Å². The van der Waals surface area contributed by atoms with E-state index in [-0.39, 0.29) is 5.41 Å². The third kappa shape index (κ3) is 7.22. The number of anilines is 2. The van der Waals surface area contributed by atoms with E-state index >= 15 is 0 Å². The van der Waals surface area contributed by atoms with Crippen LogP contribution in [0.1, 0.15) is 64.5 Å². The number of rotatable bonds is 10. The summed E-state index contributed by atoms with van der Waals surface area (Å²) in [6.07, 6.45) is 11.5. The van der Waals surface area contributed by atoms with Gasteiger partial charge < -0.3 is 15.8 Å². The molecular formula is C30H36N4O. The van der Waals surface area contributed by atoms with Crippen molar-refractivity contribution in [2.45, 2.75) is 53.4 Å². The van der Waals surface area contributed by atoms with Gasteiger partial charge in [-0.05, 0) is 70.3 Å². The number of nitrogens with one attached hydrogen (secondary N) is 1. The first-order valence-electron chi connectivity index (χ1n) is 12.4. The number of hydrogen-bond acceptors (Lipinski definition) is 5. The monoisotopic (exact) mass is 468 g/mol. The number of ether oxygens (including phenoxy) is 1. The van der Waals surface area contributed by atoms with Gasteiger partial charge in [-0.2, -0.15) is 0 Å². The van der Waals surface area contributed by atoms with E-state index in [0.29, 0.717) is 24.9 Å². The summed E-state index contributed by atoms with van der Waals surface area (Å²) < 4.78 is 5.93. The second-order valence-corrected chi connectivity index (χ2v) is 9.44. The standard InChI is InChI=1S/C30H36N4O/c1-6-10-23(14-16-31)20-30(4,5)15-13-24-18-26-27(19-28(24)35-8-3)32-21-33-29(26)34-25-12-9-11-22(7-2)17-25/h2,9,11-12,17-19,21,23H,6,8,10,14,16,20,31H2,1,3-5H3,(H,32,33,34). The molecular weight excluding hydrogens is 432 g/mol. The zero-order chi connectivity index (χ0) is 25.3. The lowest BCUT2D eigenvalue weighted by atomic mass is 9.80. The first-order chi connectivity index (χ1) is 16.9. The molecule has 5 nitrogen and oxygen atoms in total. The second kappa shape index (κ2) is 12.2. The van der Waals surface area contributed by atoms with E-state index in [1.807, 2.05) is 43.3 Å². The Kier molecular flexibility index (Phi) is 9.12. The Balaban J connectivity index is 1.99. The molecule has 0 saturated heterocycles. The molecule has 0 bridgehead atoms. The van der Waals surface area contributed by atoms with E-state index in [1.165, 1.54) is 6.42 Å². The minimum atomic E-state index is -0.141. The van der Waals surface area contributed by atoms with Crippen molar-refractivity contribution in [2.75, 3.05) is 18.5 Å². The number of hydrogen-bond donors (Lipinski definition) is 2. The summed E-state index contributed by atoms with van der Waals surface area (Å²) in [5.74, 6) is 11.6. The lowest BCUT2D eigenvalue weighted by Crippen LogP contribution is -2.18. The second-order valence-electron chi connectivity index (χ2n) is 9.44. The van der Waals surface area contributed by atoms with Crippen molar-refractivity contribution >= 4 is 22.4 Å². The van der Waals surface area contributed by atoms with Gasteiger partial charge in [-0.25, -0.2) is 9.97 Å². The van der Waals surface area contributed by atoms with Crippen LogP contribution in [0.4, 0.5) is 11.5 Å². The third-order valence-corrected chi connectivity index (χ3v) is 5.93. The van der Waals surface area contributed by atoms with Gasteiger partial charge in [0.25, 0.3) is 0 Å². The van der Waals surface area contributed by atoms with Crippen molar-refractivity contribution in [1.29, 1.82) is 0 Å². The van der Waals surface area contributed by atoms with Crippen LogP contribution >= 0.6 is 0 Å². The Bertz CT molecular complexity index is 1240. The molecule has 0 saturated carbocycles. The SMILES string of the molecule is C#Cc1cccc(Nc2ncnc3cc(OCC)c(C#CC(C)(C)CC(CCC)CCN)cc23)c1. The molecule has 1 atom stereocenters. The van der Waals surface area contributed by atoms with Crippen LogP contribution in [0.15, 0.2) is 42.7 Å². The summed E-state index contributed by atoms with van der Waals surface area (Å²) in [5.41, 5.74) is 9.00. The molecule has 0 aliphatic carbocycles. The molecule has 0 aliphatic rings. The highest BCUT2D eigenvalue weighted by molar-refractivity contribution is 5.93. The summed E-state index contributed by atoms with van der Waals surface area (Å²) in [6.45, 7) is 9.87. The van der Waals surface area contributed by atoms with Crippen molar-refractivity contribution in [3.8, 4) is 29.9 Å².